The van der Waals surface area contributed by atoms with E-state index in [1.54, 1.807) is 36.5 Å². The van der Waals surface area contributed by atoms with Crippen LogP contribution in [-0.4, -0.2) is 53.6 Å². The summed E-state index contributed by atoms with van der Waals surface area (Å²) in [5, 5.41) is 2.82. The number of nitrogens with one attached hydrogen (secondary N) is 1. The second kappa shape index (κ2) is 12.7. The van der Waals surface area contributed by atoms with Gasteiger partial charge >= 0.3 is 12.0 Å². The molecule has 4 aromatic rings. The van der Waals surface area contributed by atoms with Crippen LogP contribution in [0.2, 0.25) is 0 Å². The van der Waals surface area contributed by atoms with E-state index in [-0.39, 0.29) is 23.6 Å². The van der Waals surface area contributed by atoms with E-state index in [2.05, 4.69) is 25.2 Å². The molecule has 10 nitrogen and oxygen atoms in total. The molecule has 3 heterocycles. The fourth-order valence-electron chi connectivity index (χ4n) is 4.33. The van der Waals surface area contributed by atoms with E-state index >= 15 is 0 Å². The van der Waals surface area contributed by atoms with Gasteiger partial charge in [-0.2, -0.15) is 4.98 Å². The van der Waals surface area contributed by atoms with Gasteiger partial charge in [0.05, 0.1) is 31.2 Å². The number of piperidine rings is 1. The number of methoxy groups -OCH3 is 1. The van der Waals surface area contributed by atoms with Crippen LogP contribution in [-0.2, 0) is 4.74 Å². The molecule has 1 N–H and O–H groups in total. The lowest BCUT2D eigenvalue weighted by molar-refractivity contribution is 0.0600. The van der Waals surface area contributed by atoms with Crippen molar-refractivity contribution < 1.29 is 23.8 Å². The second-order valence-corrected chi connectivity index (χ2v) is 9.26. The summed E-state index contributed by atoms with van der Waals surface area (Å²) in [5.74, 6) is 1.73. The highest BCUT2D eigenvalue weighted by molar-refractivity contribution is 6.02. The number of anilines is 2. The van der Waals surface area contributed by atoms with Gasteiger partial charge in [0.25, 0.3) is 5.91 Å². The molecule has 0 saturated carbocycles. The van der Waals surface area contributed by atoms with Gasteiger partial charge in [0.2, 0.25) is 0 Å². The van der Waals surface area contributed by atoms with E-state index in [0.717, 1.165) is 31.7 Å². The van der Waals surface area contributed by atoms with Gasteiger partial charge in [0, 0.05) is 19.3 Å². The molecule has 0 radical (unpaired) electrons. The number of carbonyl (C=O) groups is 2. The molecule has 1 fully saturated rings. The molecule has 1 aliphatic rings. The zero-order valence-corrected chi connectivity index (χ0v) is 22.0. The molecule has 2 aromatic carbocycles. The molecule has 10 heteroatoms. The molecule has 0 aliphatic carbocycles. The van der Waals surface area contributed by atoms with E-state index in [1.165, 1.54) is 19.4 Å². The van der Waals surface area contributed by atoms with Crippen molar-refractivity contribution in [3.63, 3.8) is 0 Å². The minimum Gasteiger partial charge on any atom is -0.493 e. The van der Waals surface area contributed by atoms with Crippen molar-refractivity contribution in [1.82, 2.24) is 15.0 Å². The molecule has 5 rings (SSSR count). The second-order valence-electron chi connectivity index (χ2n) is 9.26. The molecular formula is C30H29N5O5. The summed E-state index contributed by atoms with van der Waals surface area (Å²) in [6.07, 6.45) is 5.03. The van der Waals surface area contributed by atoms with Crippen molar-refractivity contribution in [3.8, 4) is 17.5 Å². The summed E-state index contributed by atoms with van der Waals surface area (Å²) in [4.78, 5) is 39.5. The number of pyridine rings is 1. The zero-order chi connectivity index (χ0) is 27.7. The minimum absolute atomic E-state index is 0.0934. The summed E-state index contributed by atoms with van der Waals surface area (Å²) in [6.45, 7) is 2.28. The van der Waals surface area contributed by atoms with Gasteiger partial charge in [-0.3, -0.25) is 4.79 Å². The van der Waals surface area contributed by atoms with Crippen LogP contribution in [0.3, 0.4) is 0 Å². The number of benzene rings is 2. The third-order valence-corrected chi connectivity index (χ3v) is 6.50. The summed E-state index contributed by atoms with van der Waals surface area (Å²) in [5.41, 5.74) is 1.22. The molecule has 0 spiro atoms. The Bertz CT molecular complexity index is 1440. The highest BCUT2D eigenvalue weighted by atomic mass is 16.5. The van der Waals surface area contributed by atoms with Gasteiger partial charge in [0.15, 0.2) is 0 Å². The van der Waals surface area contributed by atoms with Crippen LogP contribution in [0.25, 0.3) is 0 Å². The van der Waals surface area contributed by atoms with Crippen LogP contribution in [0.1, 0.15) is 33.7 Å². The van der Waals surface area contributed by atoms with Crippen molar-refractivity contribution in [1.29, 1.82) is 0 Å². The maximum Gasteiger partial charge on any atom is 0.337 e. The number of aromatic nitrogens is 3. The molecule has 40 heavy (non-hydrogen) atoms. The van der Waals surface area contributed by atoms with Crippen LogP contribution < -0.4 is 19.7 Å². The van der Waals surface area contributed by atoms with Gasteiger partial charge in [-0.1, -0.05) is 24.3 Å². The standard InChI is InChI=1S/C30H29N5O5/c1-38-29(37)22-6-5-9-25(18-22)39-20-21-13-16-35(17-14-21)27-11-10-23(19-32-27)33-28(36)26-12-15-31-30(34-26)40-24-7-3-2-4-8-24/h2-12,15,18-19,21H,13-14,16-17,20H2,1H3,(H,33,36). The summed E-state index contributed by atoms with van der Waals surface area (Å²) in [6, 6.07) is 21.5. The fourth-order valence-corrected chi connectivity index (χ4v) is 4.33. The third kappa shape index (κ3) is 6.90. The Balaban J connectivity index is 1.10. The van der Waals surface area contributed by atoms with Crippen molar-refractivity contribution in [2.45, 2.75) is 12.8 Å². The molecule has 1 amide bonds. The number of rotatable bonds is 9. The molecule has 2 aromatic heterocycles. The highest BCUT2D eigenvalue weighted by Gasteiger charge is 2.21. The largest absolute Gasteiger partial charge is 0.493 e. The number of esters is 1. The Kier molecular flexibility index (Phi) is 8.45. The Morgan fingerprint density at radius 2 is 1.75 bits per heavy atom. The average molecular weight is 540 g/mol. The molecule has 1 saturated heterocycles. The molecule has 0 bridgehead atoms. The predicted molar refractivity (Wildman–Crippen MR) is 149 cm³/mol. The SMILES string of the molecule is COC(=O)c1cccc(OCC2CCN(c3ccc(NC(=O)c4ccnc(Oc5ccccc5)n4)cn3)CC2)c1. The number of para-hydroxylation sites is 1. The number of hydrogen-bond donors (Lipinski definition) is 1. The first-order chi connectivity index (χ1) is 19.6. The average Bonchev–Trinajstić information content (AvgIpc) is 3.01. The normalized spacial score (nSPS) is 13.4. The highest BCUT2D eigenvalue weighted by Crippen LogP contribution is 2.24. The summed E-state index contributed by atoms with van der Waals surface area (Å²) < 4.78 is 16.3. The third-order valence-electron chi connectivity index (χ3n) is 6.50. The van der Waals surface area contributed by atoms with Crippen molar-refractivity contribution >= 4 is 23.4 Å². The van der Waals surface area contributed by atoms with Crippen LogP contribution in [0, 0.1) is 5.92 Å². The topological polar surface area (TPSA) is 116 Å². The Morgan fingerprint density at radius 3 is 2.50 bits per heavy atom. The van der Waals surface area contributed by atoms with Gasteiger partial charge in [-0.05, 0) is 67.3 Å². The van der Waals surface area contributed by atoms with Crippen molar-refractivity contribution in [2.75, 3.05) is 37.0 Å². The molecule has 204 valence electrons. The first-order valence-corrected chi connectivity index (χ1v) is 13.0. The van der Waals surface area contributed by atoms with E-state index in [4.69, 9.17) is 14.2 Å². The van der Waals surface area contributed by atoms with E-state index < -0.39 is 0 Å². The number of nitrogens with zero attached hydrogens (tertiary/aromatic N) is 4. The Labute approximate surface area is 232 Å². The smallest absolute Gasteiger partial charge is 0.337 e. The van der Waals surface area contributed by atoms with Gasteiger partial charge in [-0.15, -0.1) is 0 Å². The number of carbonyl (C=O) groups excluding carboxylic acids is 2. The molecule has 1 aliphatic heterocycles. The van der Waals surface area contributed by atoms with E-state index in [9.17, 15) is 9.59 Å². The first-order valence-electron chi connectivity index (χ1n) is 13.0. The lowest BCUT2D eigenvalue weighted by atomic mass is 9.98. The summed E-state index contributed by atoms with van der Waals surface area (Å²) in [7, 11) is 1.36. The number of hydrogen-bond acceptors (Lipinski definition) is 9. The van der Waals surface area contributed by atoms with Crippen molar-refractivity contribution in [3.05, 3.63) is 96.4 Å². The molecule has 0 unspecified atom stereocenters. The van der Waals surface area contributed by atoms with Crippen LogP contribution in [0.4, 0.5) is 11.5 Å². The maximum atomic E-state index is 12.7. The number of ether oxygens (including phenoxy) is 3. The molecular weight excluding hydrogens is 510 g/mol. The van der Waals surface area contributed by atoms with Crippen LogP contribution in [0.15, 0.2) is 85.2 Å². The van der Waals surface area contributed by atoms with Gasteiger partial charge in [0.1, 0.15) is 23.0 Å². The fraction of sp³-hybridized carbons (Fsp3) is 0.233. The summed E-state index contributed by atoms with van der Waals surface area (Å²) >= 11 is 0. The van der Waals surface area contributed by atoms with Crippen LogP contribution in [0.5, 0.6) is 17.5 Å². The lowest BCUT2D eigenvalue weighted by Gasteiger charge is -2.32. The Morgan fingerprint density at radius 1 is 0.950 bits per heavy atom. The number of amides is 1. The maximum absolute atomic E-state index is 12.7. The zero-order valence-electron chi connectivity index (χ0n) is 22.0. The quantitative estimate of drug-likeness (QED) is 0.293. The predicted octanol–water partition coefficient (Wildman–Crippen LogP) is 5.00. The minimum atomic E-state index is -0.382. The van der Waals surface area contributed by atoms with Gasteiger partial charge in [-0.25, -0.2) is 14.8 Å². The molecule has 0 atom stereocenters. The monoisotopic (exact) mass is 539 g/mol. The first kappa shape index (κ1) is 26.6. The van der Waals surface area contributed by atoms with Crippen molar-refractivity contribution in [2.24, 2.45) is 5.92 Å². The van der Waals surface area contributed by atoms with E-state index in [1.807, 2.05) is 36.4 Å². The van der Waals surface area contributed by atoms with E-state index in [0.29, 0.717) is 35.3 Å². The lowest BCUT2D eigenvalue weighted by Crippen LogP contribution is -2.36. The van der Waals surface area contributed by atoms with Gasteiger partial charge < -0.3 is 24.4 Å². The Hall–Kier alpha value is -4.99. The van der Waals surface area contributed by atoms with Crippen LogP contribution >= 0.6 is 0 Å².